The summed E-state index contributed by atoms with van der Waals surface area (Å²) in [6, 6.07) is 5.36. The number of hydrogen-bond acceptors (Lipinski definition) is 5. The van der Waals surface area contributed by atoms with Crippen molar-refractivity contribution in [2.75, 3.05) is 0 Å². The zero-order valence-electron chi connectivity index (χ0n) is 8.27. The van der Waals surface area contributed by atoms with Gasteiger partial charge in [0.1, 0.15) is 15.8 Å². The summed E-state index contributed by atoms with van der Waals surface area (Å²) in [5, 5.41) is 19.1. The van der Waals surface area contributed by atoms with Crippen molar-refractivity contribution < 1.29 is 5.11 Å². The number of benzene rings is 1. The summed E-state index contributed by atoms with van der Waals surface area (Å²) in [5.41, 5.74) is 7.19. The quantitative estimate of drug-likeness (QED) is 0.809. The lowest BCUT2D eigenvalue weighted by Crippen LogP contribution is -1.94. The highest BCUT2D eigenvalue weighted by atomic mass is 32.1. The topological polar surface area (TPSA) is 72.0 Å². The Kier molecular flexibility index (Phi) is 2.66. The number of nitrogens with two attached hydrogens (primary N) is 1. The Morgan fingerprint density at radius 2 is 2.20 bits per heavy atom. The molecule has 0 radical (unpaired) electrons. The van der Waals surface area contributed by atoms with Gasteiger partial charge in [-0.15, -0.1) is 10.2 Å². The first-order valence-electron chi connectivity index (χ1n) is 4.53. The summed E-state index contributed by atoms with van der Waals surface area (Å²) in [4.78, 5) is 0. The van der Waals surface area contributed by atoms with Gasteiger partial charge in [0.05, 0.1) is 0 Å². The van der Waals surface area contributed by atoms with E-state index in [1.165, 1.54) is 11.3 Å². The smallest absolute Gasteiger partial charge is 0.148 e. The van der Waals surface area contributed by atoms with Crippen molar-refractivity contribution in [2.24, 2.45) is 5.73 Å². The average molecular weight is 221 g/mol. The minimum absolute atomic E-state index is 0.275. The molecule has 3 N–H and O–H groups in total. The van der Waals surface area contributed by atoms with E-state index in [1.807, 2.05) is 13.0 Å². The van der Waals surface area contributed by atoms with Gasteiger partial charge in [0, 0.05) is 17.7 Å². The molecule has 2 aromatic rings. The summed E-state index contributed by atoms with van der Waals surface area (Å²) in [7, 11) is 0. The first-order valence-corrected chi connectivity index (χ1v) is 5.35. The molecule has 0 bridgehead atoms. The van der Waals surface area contributed by atoms with Gasteiger partial charge in [-0.3, -0.25) is 0 Å². The minimum atomic E-state index is 0.275. The third-order valence-corrected chi connectivity index (χ3v) is 3.16. The van der Waals surface area contributed by atoms with Crippen LogP contribution in [0, 0.1) is 6.92 Å². The first kappa shape index (κ1) is 10.1. The molecule has 0 saturated heterocycles. The van der Waals surface area contributed by atoms with E-state index in [9.17, 15) is 5.11 Å². The summed E-state index contributed by atoms with van der Waals surface area (Å²) in [5.74, 6) is 0.275. The van der Waals surface area contributed by atoms with Crippen LogP contribution >= 0.6 is 11.3 Å². The second kappa shape index (κ2) is 3.96. The first-order chi connectivity index (χ1) is 7.22. The van der Waals surface area contributed by atoms with Crippen LogP contribution in [0.2, 0.25) is 0 Å². The Morgan fingerprint density at radius 3 is 2.87 bits per heavy atom. The van der Waals surface area contributed by atoms with Gasteiger partial charge < -0.3 is 10.8 Å². The minimum Gasteiger partial charge on any atom is -0.508 e. The molecule has 0 amide bonds. The van der Waals surface area contributed by atoms with Crippen molar-refractivity contribution in [2.45, 2.75) is 13.5 Å². The van der Waals surface area contributed by atoms with E-state index < -0.39 is 0 Å². The number of aromatic nitrogens is 2. The fraction of sp³-hybridized carbons (Fsp3) is 0.200. The standard InChI is InChI=1S/C10H11N3OS/c1-6-7(3-2-4-8(6)14)10-13-12-9(5-11)15-10/h2-4,14H,5,11H2,1H3. The summed E-state index contributed by atoms with van der Waals surface area (Å²) in [6.07, 6.45) is 0. The van der Waals surface area contributed by atoms with E-state index in [0.717, 1.165) is 21.1 Å². The Hall–Kier alpha value is -1.46. The normalized spacial score (nSPS) is 10.5. The van der Waals surface area contributed by atoms with Gasteiger partial charge in [0.25, 0.3) is 0 Å². The van der Waals surface area contributed by atoms with Gasteiger partial charge in [0.15, 0.2) is 0 Å². The lowest BCUT2D eigenvalue weighted by molar-refractivity contribution is 0.471. The number of aromatic hydroxyl groups is 1. The highest BCUT2D eigenvalue weighted by Crippen LogP contribution is 2.30. The van der Waals surface area contributed by atoms with Crippen LogP contribution in [0.3, 0.4) is 0 Å². The van der Waals surface area contributed by atoms with E-state index >= 15 is 0 Å². The molecule has 15 heavy (non-hydrogen) atoms. The van der Waals surface area contributed by atoms with E-state index in [-0.39, 0.29) is 5.75 Å². The maximum atomic E-state index is 9.56. The van der Waals surface area contributed by atoms with Crippen molar-refractivity contribution in [3.8, 4) is 16.3 Å². The molecule has 5 heteroatoms. The molecule has 1 aromatic carbocycles. The Balaban J connectivity index is 2.49. The maximum absolute atomic E-state index is 9.56. The molecule has 1 aromatic heterocycles. The number of phenols is 1. The molecule has 0 unspecified atom stereocenters. The van der Waals surface area contributed by atoms with Gasteiger partial charge in [-0.25, -0.2) is 0 Å². The van der Waals surface area contributed by atoms with Crippen molar-refractivity contribution in [3.05, 3.63) is 28.8 Å². The SMILES string of the molecule is Cc1c(O)cccc1-c1nnc(CN)s1. The van der Waals surface area contributed by atoms with Gasteiger partial charge in [-0.05, 0) is 13.0 Å². The third-order valence-electron chi connectivity index (χ3n) is 2.18. The molecule has 0 aliphatic heterocycles. The van der Waals surface area contributed by atoms with Gasteiger partial charge >= 0.3 is 0 Å². The average Bonchev–Trinajstić information content (AvgIpc) is 2.70. The number of hydrogen-bond donors (Lipinski definition) is 2. The van der Waals surface area contributed by atoms with E-state index in [1.54, 1.807) is 12.1 Å². The molecule has 0 atom stereocenters. The van der Waals surface area contributed by atoms with Crippen molar-refractivity contribution in [1.82, 2.24) is 10.2 Å². The molecule has 0 saturated carbocycles. The lowest BCUT2D eigenvalue weighted by Gasteiger charge is -2.02. The lowest BCUT2D eigenvalue weighted by atomic mass is 10.1. The zero-order valence-corrected chi connectivity index (χ0v) is 9.08. The fourth-order valence-electron chi connectivity index (χ4n) is 1.30. The molecule has 0 aliphatic carbocycles. The van der Waals surface area contributed by atoms with E-state index in [2.05, 4.69) is 10.2 Å². The van der Waals surface area contributed by atoms with Gasteiger partial charge in [0.2, 0.25) is 0 Å². The second-order valence-electron chi connectivity index (χ2n) is 3.15. The highest BCUT2D eigenvalue weighted by molar-refractivity contribution is 7.14. The van der Waals surface area contributed by atoms with Crippen LogP contribution in [0.4, 0.5) is 0 Å². The Labute approximate surface area is 91.4 Å². The van der Waals surface area contributed by atoms with Crippen LogP contribution in [0.15, 0.2) is 18.2 Å². The molecular formula is C10H11N3OS. The third kappa shape index (κ3) is 1.84. The largest absolute Gasteiger partial charge is 0.508 e. The number of phenolic OH excluding ortho intramolecular Hbond substituents is 1. The number of rotatable bonds is 2. The molecule has 0 spiro atoms. The van der Waals surface area contributed by atoms with Crippen molar-refractivity contribution in [3.63, 3.8) is 0 Å². The van der Waals surface area contributed by atoms with Gasteiger partial charge in [-0.1, -0.05) is 23.5 Å². The molecule has 2 rings (SSSR count). The molecule has 78 valence electrons. The Morgan fingerprint density at radius 1 is 1.40 bits per heavy atom. The zero-order chi connectivity index (χ0) is 10.8. The molecular weight excluding hydrogens is 210 g/mol. The van der Waals surface area contributed by atoms with Crippen LogP contribution in [0.1, 0.15) is 10.6 Å². The predicted octanol–water partition coefficient (Wildman–Crippen LogP) is 1.68. The molecule has 1 heterocycles. The van der Waals surface area contributed by atoms with Crippen molar-refractivity contribution in [1.29, 1.82) is 0 Å². The summed E-state index contributed by atoms with van der Waals surface area (Å²) >= 11 is 1.45. The van der Waals surface area contributed by atoms with Crippen LogP contribution in [-0.4, -0.2) is 15.3 Å². The maximum Gasteiger partial charge on any atom is 0.148 e. The fourth-order valence-corrected chi connectivity index (χ4v) is 2.10. The van der Waals surface area contributed by atoms with Crippen LogP contribution in [-0.2, 0) is 6.54 Å². The highest BCUT2D eigenvalue weighted by Gasteiger charge is 2.09. The van der Waals surface area contributed by atoms with Crippen LogP contribution in [0.25, 0.3) is 10.6 Å². The van der Waals surface area contributed by atoms with Crippen molar-refractivity contribution >= 4 is 11.3 Å². The summed E-state index contributed by atoms with van der Waals surface area (Å²) < 4.78 is 0. The number of nitrogens with zero attached hydrogens (tertiary/aromatic N) is 2. The van der Waals surface area contributed by atoms with Gasteiger partial charge in [-0.2, -0.15) is 0 Å². The Bertz CT molecular complexity index is 481. The monoisotopic (exact) mass is 221 g/mol. The molecule has 4 nitrogen and oxygen atoms in total. The molecule has 0 aliphatic rings. The van der Waals surface area contributed by atoms with Crippen LogP contribution in [0.5, 0.6) is 5.75 Å². The molecule has 0 fully saturated rings. The van der Waals surface area contributed by atoms with E-state index in [0.29, 0.717) is 6.54 Å². The second-order valence-corrected chi connectivity index (χ2v) is 4.22. The predicted molar refractivity (Wildman–Crippen MR) is 59.6 cm³/mol. The van der Waals surface area contributed by atoms with Crippen LogP contribution < -0.4 is 5.73 Å². The van der Waals surface area contributed by atoms with E-state index in [4.69, 9.17) is 5.73 Å². The summed E-state index contributed by atoms with van der Waals surface area (Å²) in [6.45, 7) is 2.25.